The molecule has 5 nitrogen and oxygen atoms in total. The van der Waals surface area contributed by atoms with Crippen molar-refractivity contribution in [2.75, 3.05) is 37.5 Å². The average Bonchev–Trinajstić information content (AvgIpc) is 2.63. The summed E-state index contributed by atoms with van der Waals surface area (Å²) in [5, 5.41) is 5.45. The van der Waals surface area contributed by atoms with E-state index >= 15 is 0 Å². The summed E-state index contributed by atoms with van der Waals surface area (Å²) in [6.07, 6.45) is 0. The van der Waals surface area contributed by atoms with Gasteiger partial charge in [-0.2, -0.15) is 0 Å². The highest BCUT2D eigenvalue weighted by atomic mass is 32.2. The molecule has 0 radical (unpaired) electrons. The zero-order chi connectivity index (χ0) is 20.5. The molecule has 0 fully saturated rings. The van der Waals surface area contributed by atoms with Crippen LogP contribution in [-0.4, -0.2) is 48.9 Å². The maximum Gasteiger partial charge on any atom is 0.234 e. The van der Waals surface area contributed by atoms with E-state index < -0.39 is 0 Å². The normalized spacial score (nSPS) is 11.9. The number of halogens is 2. The molecular formula is C20H23F2N3O2S. The Bertz CT molecular complexity index is 800. The summed E-state index contributed by atoms with van der Waals surface area (Å²) in [6, 6.07) is 11.6. The largest absolute Gasteiger partial charge is 0.353 e. The first kappa shape index (κ1) is 21.8. The molecule has 2 N–H and O–H groups in total. The van der Waals surface area contributed by atoms with E-state index in [4.69, 9.17) is 0 Å². The maximum absolute atomic E-state index is 13.4. The molecule has 1 atom stereocenters. The van der Waals surface area contributed by atoms with Crippen molar-refractivity contribution in [3.8, 4) is 0 Å². The Morgan fingerprint density at radius 3 is 2.32 bits per heavy atom. The van der Waals surface area contributed by atoms with E-state index in [1.807, 2.05) is 25.1 Å². The van der Waals surface area contributed by atoms with Crippen LogP contribution >= 0.6 is 11.8 Å². The van der Waals surface area contributed by atoms with Crippen molar-refractivity contribution < 1.29 is 18.4 Å². The van der Waals surface area contributed by atoms with Crippen LogP contribution in [-0.2, 0) is 9.59 Å². The Labute approximate surface area is 167 Å². The highest BCUT2D eigenvalue weighted by Crippen LogP contribution is 2.18. The van der Waals surface area contributed by atoms with Crippen molar-refractivity contribution in [1.29, 1.82) is 0 Å². The lowest BCUT2D eigenvalue weighted by Gasteiger charge is -2.25. The van der Waals surface area contributed by atoms with Crippen LogP contribution in [0.2, 0.25) is 0 Å². The number of rotatable bonds is 9. The fourth-order valence-corrected chi connectivity index (χ4v) is 3.19. The van der Waals surface area contributed by atoms with Gasteiger partial charge in [-0.1, -0.05) is 12.1 Å². The number of benzene rings is 2. The number of nitrogens with zero attached hydrogens (tertiary/aromatic N) is 1. The summed E-state index contributed by atoms with van der Waals surface area (Å²) in [7, 11) is 3.71. The summed E-state index contributed by atoms with van der Waals surface area (Å²) in [5.74, 6) is -0.943. The molecule has 0 aromatic heterocycles. The molecule has 0 heterocycles. The zero-order valence-corrected chi connectivity index (χ0v) is 16.6. The van der Waals surface area contributed by atoms with Gasteiger partial charge in [0.05, 0.1) is 17.5 Å². The number of carbonyl (C=O) groups excluding carboxylic acids is 2. The van der Waals surface area contributed by atoms with Crippen molar-refractivity contribution in [2.24, 2.45) is 0 Å². The predicted octanol–water partition coefficient (Wildman–Crippen LogP) is 3.06. The Morgan fingerprint density at radius 2 is 1.68 bits per heavy atom. The van der Waals surface area contributed by atoms with Crippen molar-refractivity contribution in [1.82, 2.24) is 10.2 Å². The van der Waals surface area contributed by atoms with Gasteiger partial charge in [-0.3, -0.25) is 9.59 Å². The first-order valence-electron chi connectivity index (χ1n) is 8.67. The highest BCUT2D eigenvalue weighted by Gasteiger charge is 2.16. The van der Waals surface area contributed by atoms with Crippen molar-refractivity contribution in [3.63, 3.8) is 0 Å². The first-order chi connectivity index (χ1) is 13.3. The number of carbonyl (C=O) groups is 2. The third-order valence-corrected chi connectivity index (χ3v) is 4.88. The number of hydrogen-bond donors (Lipinski definition) is 2. The second-order valence-electron chi connectivity index (χ2n) is 6.39. The highest BCUT2D eigenvalue weighted by molar-refractivity contribution is 8.00. The maximum atomic E-state index is 13.4. The lowest BCUT2D eigenvalue weighted by Crippen LogP contribution is -2.35. The van der Waals surface area contributed by atoms with Gasteiger partial charge in [0, 0.05) is 12.2 Å². The SMILES string of the molecule is CN(C)C(CNC(=O)CSCC(=O)Nc1ccc(F)cc1)c1cccc(F)c1. The number of amides is 2. The van der Waals surface area contributed by atoms with Gasteiger partial charge in [0.15, 0.2) is 0 Å². The van der Waals surface area contributed by atoms with Crippen molar-refractivity contribution >= 4 is 29.3 Å². The molecule has 1 unspecified atom stereocenters. The third kappa shape index (κ3) is 7.28. The molecule has 0 saturated carbocycles. The Morgan fingerprint density at radius 1 is 1.00 bits per heavy atom. The number of anilines is 1. The molecule has 2 rings (SSSR count). The Hall–Kier alpha value is -2.45. The van der Waals surface area contributed by atoms with Gasteiger partial charge in [-0.05, 0) is 56.1 Å². The van der Waals surface area contributed by atoms with E-state index in [9.17, 15) is 18.4 Å². The second-order valence-corrected chi connectivity index (χ2v) is 7.37. The summed E-state index contributed by atoms with van der Waals surface area (Å²) >= 11 is 1.18. The lowest BCUT2D eigenvalue weighted by atomic mass is 10.1. The van der Waals surface area contributed by atoms with Crippen LogP contribution in [0.4, 0.5) is 14.5 Å². The lowest BCUT2D eigenvalue weighted by molar-refractivity contribution is -0.118. The summed E-state index contributed by atoms with van der Waals surface area (Å²) in [5.41, 5.74) is 1.27. The molecule has 150 valence electrons. The number of nitrogens with one attached hydrogen (secondary N) is 2. The van der Waals surface area contributed by atoms with Gasteiger partial charge < -0.3 is 15.5 Å². The molecule has 28 heavy (non-hydrogen) atoms. The Kier molecular flexibility index (Phi) is 8.41. The minimum atomic E-state index is -0.377. The predicted molar refractivity (Wildman–Crippen MR) is 108 cm³/mol. The van der Waals surface area contributed by atoms with Gasteiger partial charge in [0.1, 0.15) is 11.6 Å². The third-order valence-electron chi connectivity index (χ3n) is 3.94. The van der Waals surface area contributed by atoms with E-state index in [1.165, 1.54) is 48.2 Å². The summed E-state index contributed by atoms with van der Waals surface area (Å²) in [6.45, 7) is 0.331. The van der Waals surface area contributed by atoms with Gasteiger partial charge in [0.2, 0.25) is 11.8 Å². The number of thioether (sulfide) groups is 1. The van der Waals surface area contributed by atoms with Crippen LogP contribution in [0.15, 0.2) is 48.5 Å². The van der Waals surface area contributed by atoms with Crippen LogP contribution in [0, 0.1) is 11.6 Å². The van der Waals surface area contributed by atoms with E-state index in [2.05, 4.69) is 10.6 Å². The average molecular weight is 407 g/mol. The summed E-state index contributed by atoms with van der Waals surface area (Å²) < 4.78 is 26.3. The van der Waals surface area contributed by atoms with Crippen molar-refractivity contribution in [3.05, 3.63) is 65.7 Å². The smallest absolute Gasteiger partial charge is 0.234 e. The second kappa shape index (κ2) is 10.8. The molecule has 2 aromatic carbocycles. The summed E-state index contributed by atoms with van der Waals surface area (Å²) in [4.78, 5) is 25.8. The van der Waals surface area contributed by atoms with E-state index in [0.717, 1.165) is 5.56 Å². The standard InChI is InChI=1S/C20H23F2N3O2S/c1-25(2)18(14-4-3-5-16(22)10-14)11-23-19(26)12-28-13-20(27)24-17-8-6-15(21)7-9-17/h3-10,18H,11-13H2,1-2H3,(H,23,26)(H,24,27). The van der Waals surface area contributed by atoms with Crippen LogP contribution in [0.3, 0.4) is 0 Å². The van der Waals surface area contributed by atoms with E-state index in [-0.39, 0.29) is 41.0 Å². The zero-order valence-electron chi connectivity index (χ0n) is 15.7. The van der Waals surface area contributed by atoms with E-state index in [0.29, 0.717) is 12.2 Å². The minimum absolute atomic E-state index is 0.103. The van der Waals surface area contributed by atoms with Gasteiger partial charge in [-0.15, -0.1) is 11.8 Å². The topological polar surface area (TPSA) is 61.4 Å². The molecule has 0 aliphatic heterocycles. The van der Waals surface area contributed by atoms with Crippen molar-refractivity contribution in [2.45, 2.75) is 6.04 Å². The molecule has 8 heteroatoms. The van der Waals surface area contributed by atoms with Crippen LogP contribution in [0.5, 0.6) is 0 Å². The number of likely N-dealkylation sites (N-methyl/N-ethyl adjacent to an activating group) is 1. The van der Waals surface area contributed by atoms with Crippen LogP contribution in [0.1, 0.15) is 11.6 Å². The molecule has 0 saturated heterocycles. The fourth-order valence-electron chi connectivity index (χ4n) is 2.54. The van der Waals surface area contributed by atoms with Gasteiger partial charge in [0.25, 0.3) is 0 Å². The van der Waals surface area contributed by atoms with E-state index in [1.54, 1.807) is 6.07 Å². The molecular weight excluding hydrogens is 384 g/mol. The van der Waals surface area contributed by atoms with Gasteiger partial charge >= 0.3 is 0 Å². The quantitative estimate of drug-likeness (QED) is 0.671. The first-order valence-corrected chi connectivity index (χ1v) is 9.82. The van der Waals surface area contributed by atoms with Crippen LogP contribution in [0.25, 0.3) is 0 Å². The minimum Gasteiger partial charge on any atom is -0.353 e. The fraction of sp³-hybridized carbons (Fsp3) is 0.300. The van der Waals surface area contributed by atoms with Gasteiger partial charge in [-0.25, -0.2) is 8.78 Å². The molecule has 0 aliphatic rings. The Balaban J connectivity index is 1.73. The number of hydrogen-bond acceptors (Lipinski definition) is 4. The molecule has 0 aliphatic carbocycles. The molecule has 0 bridgehead atoms. The van der Waals surface area contributed by atoms with Crippen LogP contribution < -0.4 is 10.6 Å². The molecule has 2 amide bonds. The molecule has 0 spiro atoms. The molecule has 2 aromatic rings. The monoisotopic (exact) mass is 407 g/mol.